The number of alkyl halides is 3. The van der Waals surface area contributed by atoms with Crippen LogP contribution in [-0.2, 0) is 13.0 Å². The second kappa shape index (κ2) is 7.38. The van der Waals surface area contributed by atoms with E-state index < -0.39 is 18.0 Å². The van der Waals surface area contributed by atoms with Crippen LogP contribution in [0.5, 0.6) is 5.75 Å². The van der Waals surface area contributed by atoms with Gasteiger partial charge in [0.2, 0.25) is 0 Å². The Bertz CT molecular complexity index is 1080. The van der Waals surface area contributed by atoms with E-state index >= 15 is 0 Å². The van der Waals surface area contributed by atoms with E-state index in [9.17, 15) is 18.0 Å². The average Bonchev–Trinajstić information content (AvgIpc) is 2.82. The van der Waals surface area contributed by atoms with E-state index in [1.165, 1.54) is 18.2 Å². The van der Waals surface area contributed by atoms with Gasteiger partial charge in [-0.3, -0.25) is 4.79 Å². The molecule has 152 valence electrons. The lowest BCUT2D eigenvalue weighted by molar-refractivity contribution is -0.274. The number of ether oxygens (including phenoxy) is 1. The van der Waals surface area contributed by atoms with Gasteiger partial charge in [-0.2, -0.15) is 0 Å². The lowest BCUT2D eigenvalue weighted by atomic mass is 10.1. The topological polar surface area (TPSA) is 69.0 Å². The molecule has 0 atom stereocenters. The molecule has 0 fully saturated rings. The van der Waals surface area contributed by atoms with Gasteiger partial charge in [-0.05, 0) is 38.0 Å². The van der Waals surface area contributed by atoms with Gasteiger partial charge in [0.05, 0.1) is 5.56 Å². The third kappa shape index (κ3) is 4.18. The predicted octanol–water partition coefficient (Wildman–Crippen LogP) is 4.62. The third-order valence-electron chi connectivity index (χ3n) is 4.76. The molecule has 1 amide bonds. The van der Waals surface area contributed by atoms with Crippen molar-refractivity contribution in [2.75, 3.05) is 5.32 Å². The standard InChI is InChI=1S/C20H19F3N4O2/c1-12-10-15(17-18(24-12)27-9-4-2-3-8-16(27)26-17)19(28)25-13-6-5-7-14(11-13)29-20(21,22)23/h5-7,10-11H,2-4,8-9H2,1H3,(H,25,28). The SMILES string of the molecule is Cc1cc(C(=O)Nc2cccc(OC(F)(F)F)c2)c2nc3n(c2n1)CCCCC3. The molecule has 0 radical (unpaired) electrons. The lowest BCUT2D eigenvalue weighted by Gasteiger charge is -2.11. The second-order valence-corrected chi connectivity index (χ2v) is 7.00. The Morgan fingerprint density at radius 3 is 2.79 bits per heavy atom. The lowest BCUT2D eigenvalue weighted by Crippen LogP contribution is -2.17. The number of benzene rings is 1. The van der Waals surface area contributed by atoms with Gasteiger partial charge in [0, 0.05) is 30.4 Å². The highest BCUT2D eigenvalue weighted by molar-refractivity contribution is 6.11. The van der Waals surface area contributed by atoms with Gasteiger partial charge in [-0.15, -0.1) is 13.2 Å². The van der Waals surface area contributed by atoms with Crippen LogP contribution < -0.4 is 10.1 Å². The number of pyridine rings is 1. The number of nitrogens with one attached hydrogen (secondary N) is 1. The summed E-state index contributed by atoms with van der Waals surface area (Å²) in [6.07, 6.45) is -0.781. The molecule has 1 N–H and O–H groups in total. The summed E-state index contributed by atoms with van der Waals surface area (Å²) in [7, 11) is 0. The van der Waals surface area contributed by atoms with Crippen LogP contribution in [0.25, 0.3) is 11.2 Å². The number of nitrogens with zero attached hydrogens (tertiary/aromatic N) is 3. The third-order valence-corrected chi connectivity index (χ3v) is 4.76. The minimum absolute atomic E-state index is 0.195. The summed E-state index contributed by atoms with van der Waals surface area (Å²) in [6, 6.07) is 6.81. The van der Waals surface area contributed by atoms with Crippen molar-refractivity contribution in [2.24, 2.45) is 0 Å². The van der Waals surface area contributed by atoms with Crippen molar-refractivity contribution in [2.45, 2.75) is 45.5 Å². The first-order chi connectivity index (χ1) is 13.8. The maximum atomic E-state index is 12.9. The molecule has 2 aromatic heterocycles. The van der Waals surface area contributed by atoms with E-state index in [-0.39, 0.29) is 5.69 Å². The van der Waals surface area contributed by atoms with Crippen LogP contribution in [0.1, 0.15) is 41.1 Å². The maximum absolute atomic E-state index is 12.9. The van der Waals surface area contributed by atoms with Crippen LogP contribution in [0.4, 0.5) is 18.9 Å². The van der Waals surface area contributed by atoms with Crippen molar-refractivity contribution in [1.82, 2.24) is 14.5 Å². The minimum atomic E-state index is -4.80. The Labute approximate surface area is 164 Å². The van der Waals surface area contributed by atoms with Crippen molar-refractivity contribution in [3.8, 4) is 5.75 Å². The number of amides is 1. The highest BCUT2D eigenvalue weighted by atomic mass is 19.4. The summed E-state index contributed by atoms with van der Waals surface area (Å²) < 4.78 is 43.3. The van der Waals surface area contributed by atoms with E-state index in [2.05, 4.69) is 24.6 Å². The zero-order chi connectivity index (χ0) is 20.6. The highest BCUT2D eigenvalue weighted by Crippen LogP contribution is 2.27. The summed E-state index contributed by atoms with van der Waals surface area (Å²) >= 11 is 0. The molecular formula is C20H19F3N4O2. The summed E-state index contributed by atoms with van der Waals surface area (Å²) in [5.41, 5.74) is 2.38. The summed E-state index contributed by atoms with van der Waals surface area (Å²) in [5, 5.41) is 2.63. The van der Waals surface area contributed by atoms with Crippen molar-refractivity contribution in [3.63, 3.8) is 0 Å². The Morgan fingerprint density at radius 1 is 1.17 bits per heavy atom. The van der Waals surface area contributed by atoms with Crippen molar-refractivity contribution >= 4 is 22.8 Å². The van der Waals surface area contributed by atoms with Crippen LogP contribution in [0, 0.1) is 6.92 Å². The molecule has 0 aliphatic carbocycles. The fraction of sp³-hybridized carbons (Fsp3) is 0.350. The molecule has 1 aliphatic heterocycles. The van der Waals surface area contributed by atoms with Crippen LogP contribution in [0.2, 0.25) is 0 Å². The molecule has 29 heavy (non-hydrogen) atoms. The zero-order valence-corrected chi connectivity index (χ0v) is 15.7. The first-order valence-corrected chi connectivity index (χ1v) is 9.34. The molecule has 4 rings (SSSR count). The normalized spacial score (nSPS) is 14.3. The van der Waals surface area contributed by atoms with Gasteiger partial charge in [0.1, 0.15) is 17.1 Å². The first kappa shape index (κ1) is 19.2. The second-order valence-electron chi connectivity index (χ2n) is 7.00. The van der Waals surface area contributed by atoms with Gasteiger partial charge < -0.3 is 14.6 Å². The summed E-state index contributed by atoms with van der Waals surface area (Å²) in [5.74, 6) is 0.0446. The number of rotatable bonds is 3. The maximum Gasteiger partial charge on any atom is 0.573 e. The number of hydrogen-bond donors (Lipinski definition) is 1. The number of carbonyl (C=O) groups is 1. The molecule has 3 aromatic rings. The molecule has 0 saturated heterocycles. The number of aromatic nitrogens is 3. The molecule has 0 spiro atoms. The summed E-state index contributed by atoms with van der Waals surface area (Å²) in [4.78, 5) is 22.1. The van der Waals surface area contributed by atoms with E-state index in [1.54, 1.807) is 13.0 Å². The van der Waals surface area contributed by atoms with E-state index in [1.807, 2.05) is 0 Å². The molecule has 9 heteroatoms. The van der Waals surface area contributed by atoms with E-state index in [0.29, 0.717) is 22.4 Å². The largest absolute Gasteiger partial charge is 0.573 e. The summed E-state index contributed by atoms with van der Waals surface area (Å²) in [6.45, 7) is 2.60. The smallest absolute Gasteiger partial charge is 0.406 e. The van der Waals surface area contributed by atoms with Crippen LogP contribution in [0.15, 0.2) is 30.3 Å². The van der Waals surface area contributed by atoms with Gasteiger partial charge in [0.15, 0.2) is 5.65 Å². The number of hydrogen-bond acceptors (Lipinski definition) is 4. The molecule has 0 bridgehead atoms. The molecule has 0 saturated carbocycles. The number of aryl methyl sites for hydroxylation is 3. The van der Waals surface area contributed by atoms with Crippen molar-refractivity contribution in [3.05, 3.63) is 47.4 Å². The van der Waals surface area contributed by atoms with Crippen LogP contribution >= 0.6 is 0 Å². The first-order valence-electron chi connectivity index (χ1n) is 9.34. The van der Waals surface area contributed by atoms with E-state index in [4.69, 9.17) is 0 Å². The number of carbonyl (C=O) groups excluding carboxylic acids is 1. The monoisotopic (exact) mass is 404 g/mol. The van der Waals surface area contributed by atoms with Gasteiger partial charge in [0.25, 0.3) is 5.91 Å². The number of fused-ring (bicyclic) bond motifs is 3. The quantitative estimate of drug-likeness (QED) is 0.692. The van der Waals surface area contributed by atoms with Crippen molar-refractivity contribution in [1.29, 1.82) is 0 Å². The Kier molecular flexibility index (Phi) is 4.89. The van der Waals surface area contributed by atoms with Crippen LogP contribution in [0.3, 0.4) is 0 Å². The molecule has 1 aliphatic rings. The average molecular weight is 404 g/mol. The molecular weight excluding hydrogens is 385 g/mol. The Hall–Kier alpha value is -3.10. The van der Waals surface area contributed by atoms with Gasteiger partial charge >= 0.3 is 6.36 Å². The Balaban J connectivity index is 1.66. The van der Waals surface area contributed by atoms with Crippen molar-refractivity contribution < 1.29 is 22.7 Å². The van der Waals surface area contributed by atoms with E-state index in [0.717, 1.165) is 44.1 Å². The Morgan fingerprint density at radius 2 is 2.00 bits per heavy atom. The highest BCUT2D eigenvalue weighted by Gasteiger charge is 2.31. The fourth-order valence-electron chi connectivity index (χ4n) is 3.56. The number of anilines is 1. The van der Waals surface area contributed by atoms with Crippen LogP contribution in [-0.4, -0.2) is 26.8 Å². The molecule has 0 unspecified atom stereocenters. The fourth-order valence-corrected chi connectivity index (χ4v) is 3.56. The molecule has 3 heterocycles. The predicted molar refractivity (Wildman–Crippen MR) is 101 cm³/mol. The minimum Gasteiger partial charge on any atom is -0.406 e. The number of imidazole rings is 1. The van der Waals surface area contributed by atoms with Gasteiger partial charge in [-0.25, -0.2) is 9.97 Å². The molecule has 1 aromatic carbocycles. The zero-order valence-electron chi connectivity index (χ0n) is 15.7. The number of halogens is 3. The molecule has 6 nitrogen and oxygen atoms in total. The van der Waals surface area contributed by atoms with Gasteiger partial charge in [-0.1, -0.05) is 12.5 Å².